The average molecular weight is 314 g/mol. The van der Waals surface area contributed by atoms with Gasteiger partial charge in [-0.25, -0.2) is 4.79 Å². The maximum absolute atomic E-state index is 12.5. The first-order valence-corrected chi connectivity index (χ1v) is 7.20. The highest BCUT2D eigenvalue weighted by molar-refractivity contribution is 7.24. The van der Waals surface area contributed by atoms with Crippen molar-refractivity contribution in [2.45, 2.75) is 6.92 Å². The topological polar surface area (TPSA) is 80.7 Å². The number of fused-ring (bicyclic) bond motifs is 2. The first kappa shape index (κ1) is 14.2. The molecule has 0 aliphatic rings. The molecule has 6 heteroatoms. The summed E-state index contributed by atoms with van der Waals surface area (Å²) < 4.78 is 6.30. The first-order chi connectivity index (χ1) is 10.5. The van der Waals surface area contributed by atoms with Crippen LogP contribution in [0.1, 0.15) is 17.3 Å². The van der Waals surface area contributed by atoms with Gasteiger partial charge in [0.05, 0.1) is 5.56 Å². The summed E-state index contributed by atoms with van der Waals surface area (Å²) in [5.74, 6) is -1.18. The van der Waals surface area contributed by atoms with E-state index in [0.29, 0.717) is 25.9 Å². The Morgan fingerprint density at radius 2 is 1.82 bits per heavy atom. The van der Waals surface area contributed by atoms with Gasteiger partial charge in [-0.3, -0.25) is 9.59 Å². The van der Waals surface area contributed by atoms with Crippen LogP contribution in [0.3, 0.4) is 0 Å². The van der Waals surface area contributed by atoms with Gasteiger partial charge in [-0.2, -0.15) is 0 Å². The van der Waals surface area contributed by atoms with E-state index in [1.165, 1.54) is 42.5 Å². The molecule has 22 heavy (non-hydrogen) atoms. The number of hydrogen-bond acceptors (Lipinski definition) is 5. The summed E-state index contributed by atoms with van der Waals surface area (Å²) in [7, 11) is 0. The maximum Gasteiger partial charge on any atom is 0.335 e. The minimum absolute atomic E-state index is 0.138. The van der Waals surface area contributed by atoms with E-state index in [9.17, 15) is 14.4 Å². The molecule has 0 bridgehead atoms. The molecular formula is C16H10O5S. The van der Waals surface area contributed by atoms with Crippen molar-refractivity contribution in [1.82, 2.24) is 0 Å². The second kappa shape index (κ2) is 5.23. The summed E-state index contributed by atoms with van der Waals surface area (Å²) in [5, 5.41) is 9.92. The summed E-state index contributed by atoms with van der Waals surface area (Å²) in [5.41, 5.74) is -0.0753. The molecule has 110 valence electrons. The zero-order chi connectivity index (χ0) is 15.9. The average Bonchev–Trinajstić information content (AvgIpc) is 2.47. The van der Waals surface area contributed by atoms with E-state index in [4.69, 9.17) is 9.84 Å². The standard InChI is InChI=1S/C16H10O5S/c1-8(17)21-10-3-5-13-12(7-10)15(18)11-4-2-9(16(19)20)6-14(11)22-13/h2-7H,1H3,(H,19,20). The Hall–Kier alpha value is -2.73. The van der Waals surface area contributed by atoms with E-state index >= 15 is 0 Å². The van der Waals surface area contributed by atoms with Gasteiger partial charge >= 0.3 is 11.9 Å². The van der Waals surface area contributed by atoms with Crippen LogP contribution in [0.15, 0.2) is 41.2 Å². The van der Waals surface area contributed by atoms with Gasteiger partial charge in [-0.05, 0) is 36.4 Å². The van der Waals surface area contributed by atoms with Crippen molar-refractivity contribution in [1.29, 1.82) is 0 Å². The molecule has 1 aromatic heterocycles. The third-order valence-electron chi connectivity index (χ3n) is 3.15. The number of carbonyl (C=O) groups is 2. The number of rotatable bonds is 2. The highest BCUT2D eigenvalue weighted by Gasteiger charge is 2.10. The van der Waals surface area contributed by atoms with E-state index in [1.54, 1.807) is 12.1 Å². The summed E-state index contributed by atoms with van der Waals surface area (Å²) in [6, 6.07) is 9.22. The predicted molar refractivity (Wildman–Crippen MR) is 83.9 cm³/mol. The normalized spacial score (nSPS) is 10.8. The largest absolute Gasteiger partial charge is 0.478 e. The Morgan fingerprint density at radius 1 is 1.05 bits per heavy atom. The minimum Gasteiger partial charge on any atom is -0.478 e. The van der Waals surface area contributed by atoms with E-state index in [0.717, 1.165) is 0 Å². The molecule has 3 rings (SSSR count). The van der Waals surface area contributed by atoms with Gasteiger partial charge in [0, 0.05) is 27.1 Å². The van der Waals surface area contributed by atoms with Crippen molar-refractivity contribution in [3.05, 3.63) is 52.2 Å². The molecule has 3 aromatic rings. The molecule has 0 atom stereocenters. The monoisotopic (exact) mass is 314 g/mol. The number of carboxylic acid groups (broad SMARTS) is 1. The molecule has 0 saturated carbocycles. The Labute approximate surface area is 128 Å². The van der Waals surface area contributed by atoms with Gasteiger partial charge < -0.3 is 9.84 Å². The SMILES string of the molecule is CC(=O)Oc1ccc2sc3cc(C(=O)O)ccc3c(=O)c2c1. The second-order valence-electron chi connectivity index (χ2n) is 4.70. The van der Waals surface area contributed by atoms with E-state index in [-0.39, 0.29) is 11.0 Å². The Balaban J connectivity index is 2.29. The number of hydrogen-bond donors (Lipinski definition) is 1. The van der Waals surface area contributed by atoms with E-state index < -0.39 is 11.9 Å². The number of esters is 1. The highest BCUT2D eigenvalue weighted by atomic mass is 32.1. The van der Waals surface area contributed by atoms with Crippen LogP contribution >= 0.6 is 11.3 Å². The molecule has 0 spiro atoms. The lowest BCUT2D eigenvalue weighted by atomic mass is 10.1. The quantitative estimate of drug-likeness (QED) is 0.447. The summed E-state index contributed by atoms with van der Waals surface area (Å²) in [6.07, 6.45) is 0. The fourth-order valence-corrected chi connectivity index (χ4v) is 3.29. The second-order valence-corrected chi connectivity index (χ2v) is 5.78. The van der Waals surface area contributed by atoms with Gasteiger partial charge in [0.1, 0.15) is 5.75 Å². The molecule has 2 aromatic carbocycles. The number of ether oxygens (including phenoxy) is 1. The van der Waals surface area contributed by atoms with Crippen molar-refractivity contribution >= 4 is 43.4 Å². The zero-order valence-corrected chi connectivity index (χ0v) is 12.3. The lowest BCUT2D eigenvalue weighted by molar-refractivity contribution is -0.131. The van der Waals surface area contributed by atoms with Gasteiger partial charge in [0.15, 0.2) is 5.43 Å². The van der Waals surface area contributed by atoms with Crippen LogP contribution in [0.25, 0.3) is 20.2 Å². The van der Waals surface area contributed by atoms with E-state index in [1.807, 2.05) is 0 Å². The molecule has 0 aliphatic heterocycles. The van der Waals surface area contributed by atoms with Crippen LogP contribution in [0.5, 0.6) is 5.75 Å². The van der Waals surface area contributed by atoms with Gasteiger partial charge in [-0.15, -0.1) is 11.3 Å². The summed E-state index contributed by atoms with van der Waals surface area (Å²) in [4.78, 5) is 34.5. The van der Waals surface area contributed by atoms with Gasteiger partial charge in [0.2, 0.25) is 0 Å². The van der Waals surface area contributed by atoms with Crippen LogP contribution in [0.2, 0.25) is 0 Å². The maximum atomic E-state index is 12.5. The molecule has 0 amide bonds. The van der Waals surface area contributed by atoms with Crippen LogP contribution in [0, 0.1) is 0 Å². The molecule has 0 radical (unpaired) electrons. The van der Waals surface area contributed by atoms with Crippen molar-refractivity contribution in [3.8, 4) is 5.75 Å². The smallest absolute Gasteiger partial charge is 0.335 e. The van der Waals surface area contributed by atoms with Crippen molar-refractivity contribution in [2.75, 3.05) is 0 Å². The number of aromatic carboxylic acids is 1. The fraction of sp³-hybridized carbons (Fsp3) is 0.0625. The molecular weight excluding hydrogens is 304 g/mol. The molecule has 1 N–H and O–H groups in total. The number of carboxylic acids is 1. The Kier molecular flexibility index (Phi) is 3.38. The van der Waals surface area contributed by atoms with Crippen molar-refractivity contribution in [3.63, 3.8) is 0 Å². The lowest BCUT2D eigenvalue weighted by Gasteiger charge is -2.05. The minimum atomic E-state index is -1.04. The highest BCUT2D eigenvalue weighted by Crippen LogP contribution is 2.28. The van der Waals surface area contributed by atoms with Crippen LogP contribution in [0.4, 0.5) is 0 Å². The van der Waals surface area contributed by atoms with Crippen LogP contribution in [-0.2, 0) is 4.79 Å². The van der Waals surface area contributed by atoms with Gasteiger partial charge in [-0.1, -0.05) is 0 Å². The third-order valence-corrected chi connectivity index (χ3v) is 4.28. The molecule has 0 unspecified atom stereocenters. The lowest BCUT2D eigenvalue weighted by Crippen LogP contribution is -2.05. The molecule has 0 fully saturated rings. The Morgan fingerprint density at radius 3 is 2.50 bits per heavy atom. The zero-order valence-electron chi connectivity index (χ0n) is 11.5. The molecule has 0 saturated heterocycles. The number of carbonyl (C=O) groups excluding carboxylic acids is 1. The fourth-order valence-electron chi connectivity index (χ4n) is 2.20. The van der Waals surface area contributed by atoms with Crippen molar-refractivity contribution < 1.29 is 19.4 Å². The third kappa shape index (κ3) is 2.44. The molecule has 0 aliphatic carbocycles. The van der Waals surface area contributed by atoms with Gasteiger partial charge in [0.25, 0.3) is 0 Å². The summed E-state index contributed by atoms with van der Waals surface area (Å²) >= 11 is 1.32. The van der Waals surface area contributed by atoms with Crippen LogP contribution in [-0.4, -0.2) is 17.0 Å². The van der Waals surface area contributed by atoms with Crippen LogP contribution < -0.4 is 10.2 Å². The first-order valence-electron chi connectivity index (χ1n) is 6.38. The Bertz CT molecular complexity index is 987. The number of benzene rings is 2. The summed E-state index contributed by atoms with van der Waals surface area (Å²) in [6.45, 7) is 1.29. The molecule has 1 heterocycles. The predicted octanol–water partition coefficient (Wildman–Crippen LogP) is 3.04. The van der Waals surface area contributed by atoms with Crippen molar-refractivity contribution in [2.24, 2.45) is 0 Å². The van der Waals surface area contributed by atoms with E-state index in [2.05, 4.69) is 0 Å². The molecule has 5 nitrogen and oxygen atoms in total.